The van der Waals surface area contributed by atoms with Gasteiger partial charge in [0, 0.05) is 12.8 Å². The molecule has 0 aliphatic rings. The molecule has 6 nitrogen and oxygen atoms in total. The Labute approximate surface area is 76.1 Å². The van der Waals surface area contributed by atoms with Crippen molar-refractivity contribution in [3.8, 4) is 0 Å². The number of rotatable bonds is 6. The minimum atomic E-state index is -2.73. The van der Waals surface area contributed by atoms with Gasteiger partial charge in [-0.25, -0.2) is 8.42 Å². The summed E-state index contributed by atoms with van der Waals surface area (Å²) in [6.07, 6.45) is -0.870. The van der Waals surface area contributed by atoms with Gasteiger partial charge in [-0.05, 0) is 5.92 Å². The van der Waals surface area contributed by atoms with Gasteiger partial charge < -0.3 is 10.2 Å². The maximum atomic E-state index is 10.2. The third-order valence-corrected chi connectivity index (χ3v) is 2.15. The zero-order valence-electron chi connectivity index (χ0n) is 6.67. The van der Waals surface area contributed by atoms with Gasteiger partial charge in [0.05, 0.1) is 5.75 Å². The van der Waals surface area contributed by atoms with Crippen LogP contribution >= 0.6 is 0 Å². The first-order chi connectivity index (χ1) is 5.91. The highest BCUT2D eigenvalue weighted by Crippen LogP contribution is 2.08. The first-order valence-corrected chi connectivity index (χ1v) is 4.83. The van der Waals surface area contributed by atoms with Crippen LogP contribution in [0.3, 0.4) is 0 Å². The summed E-state index contributed by atoms with van der Waals surface area (Å²) >= 11 is 0. The van der Waals surface area contributed by atoms with Crippen LogP contribution in [0, 0.1) is 5.92 Å². The van der Waals surface area contributed by atoms with Gasteiger partial charge in [-0.1, -0.05) is 0 Å². The van der Waals surface area contributed by atoms with Gasteiger partial charge in [0.2, 0.25) is 0 Å². The molecule has 0 aliphatic heterocycles. The standard InChI is InChI=1S/C6H10O6S/c7-5(8)1-4(2-6(9)10)3-13(11)12/h4,13H,1-3H2,(H,7,8)(H,9,10). The lowest BCUT2D eigenvalue weighted by molar-refractivity contribution is -0.140. The third-order valence-electron chi connectivity index (χ3n) is 1.33. The zero-order valence-corrected chi connectivity index (χ0v) is 7.57. The minimum absolute atomic E-state index is 0.395. The maximum absolute atomic E-state index is 10.2. The van der Waals surface area contributed by atoms with Crippen molar-refractivity contribution in [3.63, 3.8) is 0 Å². The Hall–Kier alpha value is -1.11. The first-order valence-electron chi connectivity index (χ1n) is 3.47. The van der Waals surface area contributed by atoms with E-state index < -0.39 is 47.2 Å². The van der Waals surface area contributed by atoms with E-state index in [2.05, 4.69) is 0 Å². The highest BCUT2D eigenvalue weighted by Gasteiger charge is 2.17. The van der Waals surface area contributed by atoms with Crippen LogP contribution in [0.25, 0.3) is 0 Å². The number of hydrogen-bond donors (Lipinski definition) is 3. The van der Waals surface area contributed by atoms with E-state index in [0.717, 1.165) is 0 Å². The molecule has 0 amide bonds. The monoisotopic (exact) mass is 210 g/mol. The van der Waals surface area contributed by atoms with Crippen molar-refractivity contribution in [2.75, 3.05) is 5.75 Å². The molecule has 0 bridgehead atoms. The number of hydrogen-bond acceptors (Lipinski definition) is 4. The molecule has 0 rings (SSSR count). The summed E-state index contributed by atoms with van der Waals surface area (Å²) < 4.78 is 20.4. The van der Waals surface area contributed by atoms with Crippen LogP contribution in [0.15, 0.2) is 0 Å². The summed E-state index contributed by atoms with van der Waals surface area (Å²) in [6.45, 7) is 0. The van der Waals surface area contributed by atoms with E-state index in [-0.39, 0.29) is 0 Å². The van der Waals surface area contributed by atoms with Crippen LogP contribution in [-0.4, -0.2) is 36.3 Å². The first kappa shape index (κ1) is 11.9. The van der Waals surface area contributed by atoms with E-state index in [1.54, 1.807) is 0 Å². The molecule has 0 radical (unpaired) electrons. The largest absolute Gasteiger partial charge is 0.481 e. The molecule has 0 aromatic rings. The second kappa shape index (κ2) is 5.52. The highest BCUT2D eigenvalue weighted by atomic mass is 32.2. The van der Waals surface area contributed by atoms with Crippen LogP contribution in [-0.2, 0) is 20.3 Å². The smallest absolute Gasteiger partial charge is 0.303 e. The Bertz CT molecular complexity index is 244. The van der Waals surface area contributed by atoms with Crippen molar-refractivity contribution in [1.82, 2.24) is 0 Å². The van der Waals surface area contributed by atoms with Gasteiger partial charge in [0.1, 0.15) is 10.7 Å². The topological polar surface area (TPSA) is 109 Å². The summed E-state index contributed by atoms with van der Waals surface area (Å²) in [5.41, 5.74) is 0. The van der Waals surface area contributed by atoms with Crippen molar-refractivity contribution in [2.24, 2.45) is 5.92 Å². The molecule has 0 fully saturated rings. The lowest BCUT2D eigenvalue weighted by Gasteiger charge is -2.06. The van der Waals surface area contributed by atoms with Crippen LogP contribution < -0.4 is 0 Å². The summed E-state index contributed by atoms with van der Waals surface area (Å²) in [6, 6.07) is 0. The number of carboxylic acid groups (broad SMARTS) is 2. The minimum Gasteiger partial charge on any atom is -0.481 e. The molecule has 0 saturated heterocycles. The van der Waals surface area contributed by atoms with Crippen LogP contribution in [0.4, 0.5) is 0 Å². The van der Waals surface area contributed by atoms with Crippen molar-refractivity contribution in [3.05, 3.63) is 0 Å². The van der Waals surface area contributed by atoms with Crippen molar-refractivity contribution >= 4 is 22.6 Å². The molecule has 7 heteroatoms. The molecule has 0 aliphatic carbocycles. The quantitative estimate of drug-likeness (QED) is 0.493. The van der Waals surface area contributed by atoms with Gasteiger partial charge in [-0.2, -0.15) is 0 Å². The summed E-state index contributed by atoms with van der Waals surface area (Å²) in [7, 11) is -2.73. The molecular weight excluding hydrogens is 200 g/mol. The van der Waals surface area contributed by atoms with Gasteiger partial charge in [-0.15, -0.1) is 0 Å². The lowest BCUT2D eigenvalue weighted by atomic mass is 10.0. The van der Waals surface area contributed by atoms with E-state index in [1.807, 2.05) is 0 Å². The van der Waals surface area contributed by atoms with Gasteiger partial charge >= 0.3 is 11.9 Å². The third kappa shape index (κ3) is 7.26. The second-order valence-corrected chi connectivity index (χ2v) is 3.61. The highest BCUT2D eigenvalue weighted by molar-refractivity contribution is 7.72. The Morgan fingerprint density at radius 3 is 1.69 bits per heavy atom. The fraction of sp³-hybridized carbons (Fsp3) is 0.667. The predicted molar refractivity (Wildman–Crippen MR) is 43.2 cm³/mol. The number of carbonyl (C=O) groups is 2. The van der Waals surface area contributed by atoms with Crippen LogP contribution in [0.2, 0.25) is 0 Å². The van der Waals surface area contributed by atoms with Crippen LogP contribution in [0.5, 0.6) is 0 Å². The van der Waals surface area contributed by atoms with E-state index >= 15 is 0 Å². The average Bonchev–Trinajstić information content (AvgIpc) is 1.80. The van der Waals surface area contributed by atoms with Crippen LogP contribution in [0.1, 0.15) is 12.8 Å². The van der Waals surface area contributed by atoms with E-state index in [1.165, 1.54) is 0 Å². The molecule has 0 saturated carbocycles. The van der Waals surface area contributed by atoms with Crippen molar-refractivity contribution in [2.45, 2.75) is 12.8 Å². The van der Waals surface area contributed by atoms with Gasteiger partial charge in [0.15, 0.2) is 0 Å². The van der Waals surface area contributed by atoms with E-state index in [9.17, 15) is 18.0 Å². The zero-order chi connectivity index (χ0) is 10.4. The molecule has 0 spiro atoms. The average molecular weight is 210 g/mol. The van der Waals surface area contributed by atoms with Crippen molar-refractivity contribution in [1.29, 1.82) is 0 Å². The SMILES string of the molecule is O=C(O)CC(CC(=O)O)C[SH](=O)=O. The molecular formula is C6H10O6S. The Kier molecular flexibility index (Phi) is 5.05. The molecule has 0 aromatic carbocycles. The Morgan fingerprint density at radius 1 is 1.08 bits per heavy atom. The summed E-state index contributed by atoms with van der Waals surface area (Å²) in [5.74, 6) is -3.61. The summed E-state index contributed by atoms with van der Waals surface area (Å²) in [4.78, 5) is 20.4. The second-order valence-electron chi connectivity index (χ2n) is 2.58. The molecule has 0 atom stereocenters. The molecule has 13 heavy (non-hydrogen) atoms. The number of aliphatic carboxylic acids is 2. The fourth-order valence-corrected chi connectivity index (χ4v) is 1.59. The molecule has 2 N–H and O–H groups in total. The number of thiol groups is 1. The number of carboxylic acids is 2. The molecule has 0 unspecified atom stereocenters. The predicted octanol–water partition coefficient (Wildman–Crippen LogP) is -0.837. The fourth-order valence-electron chi connectivity index (χ4n) is 0.906. The summed E-state index contributed by atoms with van der Waals surface area (Å²) in [5, 5.41) is 16.6. The molecule has 0 aromatic heterocycles. The lowest BCUT2D eigenvalue weighted by Crippen LogP contribution is -2.16. The van der Waals surface area contributed by atoms with Gasteiger partial charge in [0.25, 0.3) is 0 Å². The normalized spacial score (nSPS) is 10.6. The van der Waals surface area contributed by atoms with Gasteiger partial charge in [-0.3, -0.25) is 9.59 Å². The Morgan fingerprint density at radius 2 is 1.46 bits per heavy atom. The molecule has 0 heterocycles. The Balaban J connectivity index is 4.18. The van der Waals surface area contributed by atoms with Crippen molar-refractivity contribution < 1.29 is 28.2 Å². The maximum Gasteiger partial charge on any atom is 0.303 e. The molecule has 76 valence electrons. The van der Waals surface area contributed by atoms with E-state index in [0.29, 0.717) is 0 Å². The van der Waals surface area contributed by atoms with E-state index in [4.69, 9.17) is 10.2 Å².